The molecular formula is C30H27BrClN5O. The van der Waals surface area contributed by atoms with Crippen LogP contribution in [0.4, 0.5) is 5.82 Å². The highest BCUT2D eigenvalue weighted by molar-refractivity contribution is 9.10. The van der Waals surface area contributed by atoms with Crippen molar-refractivity contribution in [1.29, 1.82) is 0 Å². The van der Waals surface area contributed by atoms with E-state index in [1.54, 1.807) is 10.7 Å². The Balaban J connectivity index is 1.22. The zero-order valence-electron chi connectivity index (χ0n) is 20.9. The van der Waals surface area contributed by atoms with Crippen molar-refractivity contribution in [2.24, 2.45) is 5.92 Å². The van der Waals surface area contributed by atoms with Crippen molar-refractivity contribution < 1.29 is 4.79 Å². The van der Waals surface area contributed by atoms with Crippen molar-refractivity contribution in [3.63, 3.8) is 0 Å². The lowest BCUT2D eigenvalue weighted by Crippen LogP contribution is -2.29. The fourth-order valence-corrected chi connectivity index (χ4v) is 4.84. The summed E-state index contributed by atoms with van der Waals surface area (Å²) in [5.74, 6) is 0.774. The van der Waals surface area contributed by atoms with Crippen LogP contribution >= 0.6 is 27.5 Å². The summed E-state index contributed by atoms with van der Waals surface area (Å²) < 4.78 is 2.57. The van der Waals surface area contributed by atoms with Gasteiger partial charge in [0.05, 0.1) is 16.4 Å². The second-order valence-electron chi connectivity index (χ2n) is 9.21. The summed E-state index contributed by atoms with van der Waals surface area (Å²) in [5.41, 5.74) is 5.65. The fraction of sp³-hybridized carbons (Fsp3) is 0.167. The zero-order valence-corrected chi connectivity index (χ0v) is 23.2. The van der Waals surface area contributed by atoms with E-state index >= 15 is 0 Å². The highest BCUT2D eigenvalue weighted by Gasteiger charge is 2.14. The van der Waals surface area contributed by atoms with E-state index in [9.17, 15) is 4.79 Å². The minimum Gasteiger partial charge on any atom is -0.366 e. The van der Waals surface area contributed by atoms with Crippen molar-refractivity contribution >= 4 is 44.9 Å². The number of carbonyl (C=O) groups excluding carboxylic acids is 1. The normalized spacial score (nSPS) is 11.9. The third kappa shape index (κ3) is 6.06. The molecule has 2 N–H and O–H groups in total. The van der Waals surface area contributed by atoms with Crippen LogP contribution in [-0.2, 0) is 24.3 Å². The lowest BCUT2D eigenvalue weighted by Gasteiger charge is -2.13. The van der Waals surface area contributed by atoms with E-state index < -0.39 is 0 Å². The molecule has 3 aromatic carbocycles. The number of fused-ring (bicyclic) bond motifs is 1. The molecule has 5 rings (SSSR count). The summed E-state index contributed by atoms with van der Waals surface area (Å²) in [6, 6.07) is 27.9. The molecule has 0 fully saturated rings. The van der Waals surface area contributed by atoms with Gasteiger partial charge in [-0.3, -0.25) is 4.79 Å². The quantitative estimate of drug-likeness (QED) is 0.196. The number of aromatic nitrogens is 3. The molecule has 0 saturated heterocycles. The number of nitrogens with zero attached hydrogens (tertiary/aromatic N) is 3. The van der Waals surface area contributed by atoms with E-state index in [0.717, 1.165) is 39.1 Å². The lowest BCUT2D eigenvalue weighted by molar-refractivity contribution is -0.124. The van der Waals surface area contributed by atoms with E-state index in [0.29, 0.717) is 23.8 Å². The molecule has 0 saturated carbocycles. The zero-order chi connectivity index (χ0) is 26.5. The number of anilines is 1. The average molecular weight is 589 g/mol. The van der Waals surface area contributed by atoms with Crippen LogP contribution in [0.3, 0.4) is 0 Å². The maximum absolute atomic E-state index is 12.6. The molecule has 0 spiro atoms. The van der Waals surface area contributed by atoms with Crippen LogP contribution in [0.25, 0.3) is 16.9 Å². The number of halogens is 2. The number of carbonyl (C=O) groups is 1. The van der Waals surface area contributed by atoms with Gasteiger partial charge < -0.3 is 10.6 Å². The van der Waals surface area contributed by atoms with E-state index in [-0.39, 0.29) is 11.8 Å². The van der Waals surface area contributed by atoms with Gasteiger partial charge in [0.15, 0.2) is 5.65 Å². The third-order valence-electron chi connectivity index (χ3n) is 6.37. The molecule has 0 aliphatic carbocycles. The number of hydrogen-bond donors (Lipinski definition) is 2. The second kappa shape index (κ2) is 11.8. The van der Waals surface area contributed by atoms with Crippen molar-refractivity contribution in [1.82, 2.24) is 19.9 Å². The third-order valence-corrected chi connectivity index (χ3v) is 7.26. The Morgan fingerprint density at radius 2 is 1.63 bits per heavy atom. The number of amides is 1. The molecule has 1 amide bonds. The van der Waals surface area contributed by atoms with E-state index in [1.807, 2.05) is 67.6 Å². The molecule has 5 aromatic rings. The van der Waals surface area contributed by atoms with Gasteiger partial charge in [0, 0.05) is 35.7 Å². The van der Waals surface area contributed by atoms with Gasteiger partial charge in [-0.25, -0.2) is 4.98 Å². The van der Waals surface area contributed by atoms with Crippen LogP contribution in [0.5, 0.6) is 0 Å². The minimum absolute atomic E-state index is 0.0565. The Bertz CT molecular complexity index is 1550. The van der Waals surface area contributed by atoms with Gasteiger partial charge in [0.1, 0.15) is 5.82 Å². The summed E-state index contributed by atoms with van der Waals surface area (Å²) in [6.45, 7) is 3.06. The van der Waals surface area contributed by atoms with Crippen molar-refractivity contribution in [3.05, 3.63) is 117 Å². The molecule has 1 atom stereocenters. The van der Waals surface area contributed by atoms with Crippen molar-refractivity contribution in [2.75, 3.05) is 5.32 Å². The summed E-state index contributed by atoms with van der Waals surface area (Å²) in [7, 11) is 0. The molecule has 2 heterocycles. The van der Waals surface area contributed by atoms with Gasteiger partial charge in [-0.2, -0.15) is 9.61 Å². The molecule has 192 valence electrons. The lowest BCUT2D eigenvalue weighted by atomic mass is 10.0. The first-order valence-corrected chi connectivity index (χ1v) is 13.6. The molecule has 0 bridgehead atoms. The smallest absolute Gasteiger partial charge is 0.223 e. The van der Waals surface area contributed by atoms with E-state index in [4.69, 9.17) is 16.6 Å². The Morgan fingerprint density at radius 3 is 2.37 bits per heavy atom. The van der Waals surface area contributed by atoms with E-state index in [1.165, 1.54) is 5.56 Å². The van der Waals surface area contributed by atoms with Gasteiger partial charge in [-0.1, -0.05) is 91.3 Å². The van der Waals surface area contributed by atoms with Gasteiger partial charge >= 0.3 is 0 Å². The monoisotopic (exact) mass is 587 g/mol. The topological polar surface area (TPSA) is 71.3 Å². The van der Waals surface area contributed by atoms with Crippen LogP contribution in [0.2, 0.25) is 5.02 Å². The van der Waals surface area contributed by atoms with Crippen LogP contribution in [0.15, 0.2) is 95.6 Å². The number of benzene rings is 3. The first-order valence-electron chi connectivity index (χ1n) is 12.4. The summed E-state index contributed by atoms with van der Waals surface area (Å²) >= 11 is 9.99. The number of nitrogens with one attached hydrogen (secondary N) is 2. The Kier molecular flexibility index (Phi) is 8.05. The standard InChI is InChI=1S/C30H27BrClN5O/c1-20(15-21-7-3-2-4-8-21)30(38)34-18-23-13-11-22(12-14-23)17-33-28-16-27(24-9-5-6-10-26(24)32)36-29-25(31)19-35-37(28)29/h2-14,16,19-20,33H,15,17-18H2,1H3,(H,34,38). The average Bonchev–Trinajstić information content (AvgIpc) is 3.32. The van der Waals surface area contributed by atoms with Gasteiger partial charge in [-0.15, -0.1) is 0 Å². The Hall–Kier alpha value is -3.68. The van der Waals surface area contributed by atoms with Crippen LogP contribution in [-0.4, -0.2) is 20.5 Å². The highest BCUT2D eigenvalue weighted by atomic mass is 79.9. The molecule has 0 aliphatic heterocycles. The molecule has 2 aromatic heterocycles. The van der Waals surface area contributed by atoms with Crippen molar-refractivity contribution in [3.8, 4) is 11.3 Å². The predicted molar refractivity (Wildman–Crippen MR) is 156 cm³/mol. The summed E-state index contributed by atoms with van der Waals surface area (Å²) in [6.07, 6.45) is 2.46. The molecule has 1 unspecified atom stereocenters. The SMILES string of the molecule is CC(Cc1ccccc1)C(=O)NCc1ccc(CNc2cc(-c3ccccc3Cl)nc3c(Br)cnn23)cc1. The van der Waals surface area contributed by atoms with Gasteiger partial charge in [0.2, 0.25) is 5.91 Å². The number of rotatable bonds is 9. The maximum Gasteiger partial charge on any atom is 0.223 e. The fourth-order valence-electron chi connectivity index (χ4n) is 4.26. The molecule has 38 heavy (non-hydrogen) atoms. The second-order valence-corrected chi connectivity index (χ2v) is 10.5. The largest absolute Gasteiger partial charge is 0.366 e. The summed E-state index contributed by atoms with van der Waals surface area (Å²) in [5, 5.41) is 11.6. The highest BCUT2D eigenvalue weighted by Crippen LogP contribution is 2.30. The molecule has 6 nitrogen and oxygen atoms in total. The summed E-state index contributed by atoms with van der Waals surface area (Å²) in [4.78, 5) is 17.3. The minimum atomic E-state index is -0.0870. The molecule has 0 radical (unpaired) electrons. The van der Waals surface area contributed by atoms with Crippen LogP contribution in [0, 0.1) is 5.92 Å². The molecular weight excluding hydrogens is 562 g/mol. The number of hydrogen-bond acceptors (Lipinski definition) is 4. The Morgan fingerprint density at radius 1 is 0.947 bits per heavy atom. The van der Waals surface area contributed by atoms with Gasteiger partial charge in [-0.05, 0) is 45.1 Å². The Labute approximate surface area is 235 Å². The van der Waals surface area contributed by atoms with E-state index in [2.05, 4.69) is 55.9 Å². The van der Waals surface area contributed by atoms with Gasteiger partial charge in [0.25, 0.3) is 0 Å². The molecule has 0 aliphatic rings. The van der Waals surface area contributed by atoms with Crippen LogP contribution < -0.4 is 10.6 Å². The first kappa shape index (κ1) is 25.9. The molecule has 8 heteroatoms. The van der Waals surface area contributed by atoms with Crippen molar-refractivity contribution in [2.45, 2.75) is 26.4 Å². The van der Waals surface area contributed by atoms with Crippen LogP contribution in [0.1, 0.15) is 23.6 Å². The first-order chi connectivity index (χ1) is 18.5. The maximum atomic E-state index is 12.6. The predicted octanol–water partition coefficient (Wildman–Crippen LogP) is 6.92.